The molecule has 1 saturated heterocycles. The minimum absolute atomic E-state index is 0.688. The van der Waals surface area contributed by atoms with E-state index in [-0.39, 0.29) is 0 Å². The van der Waals surface area contributed by atoms with E-state index in [4.69, 9.17) is 4.98 Å². The van der Waals surface area contributed by atoms with Crippen LogP contribution in [0.5, 0.6) is 0 Å². The maximum atomic E-state index is 4.78. The third-order valence-corrected chi connectivity index (χ3v) is 5.20. The molecule has 20 heavy (non-hydrogen) atoms. The third kappa shape index (κ3) is 4.54. The topological polar surface area (TPSA) is 28.2 Å². The molecule has 114 valence electrons. The van der Waals surface area contributed by atoms with Crippen molar-refractivity contribution in [2.45, 2.75) is 59.7 Å². The van der Waals surface area contributed by atoms with Gasteiger partial charge in [-0.3, -0.25) is 4.90 Å². The lowest BCUT2D eigenvalue weighted by molar-refractivity contribution is 0.105. The van der Waals surface area contributed by atoms with Crippen LogP contribution in [0.2, 0.25) is 0 Å². The van der Waals surface area contributed by atoms with Crippen molar-refractivity contribution in [3.05, 3.63) is 16.1 Å². The van der Waals surface area contributed by atoms with Gasteiger partial charge in [-0.2, -0.15) is 0 Å². The molecule has 0 radical (unpaired) electrons. The predicted molar refractivity (Wildman–Crippen MR) is 86.9 cm³/mol. The summed E-state index contributed by atoms with van der Waals surface area (Å²) < 4.78 is 0. The molecule has 3 nitrogen and oxygen atoms in total. The molecule has 2 unspecified atom stereocenters. The van der Waals surface area contributed by atoms with Crippen LogP contribution in [0.1, 0.15) is 51.2 Å². The van der Waals surface area contributed by atoms with Gasteiger partial charge in [-0.1, -0.05) is 20.8 Å². The van der Waals surface area contributed by atoms with E-state index in [1.807, 2.05) is 0 Å². The van der Waals surface area contributed by atoms with E-state index < -0.39 is 0 Å². The van der Waals surface area contributed by atoms with Crippen LogP contribution in [-0.4, -0.2) is 29.0 Å². The largest absolute Gasteiger partial charge is 0.310 e. The van der Waals surface area contributed by atoms with Gasteiger partial charge < -0.3 is 5.32 Å². The van der Waals surface area contributed by atoms with Crippen molar-refractivity contribution >= 4 is 11.3 Å². The average molecular weight is 295 g/mol. The number of piperidine rings is 1. The highest BCUT2D eigenvalue weighted by Crippen LogP contribution is 2.24. The van der Waals surface area contributed by atoms with E-state index >= 15 is 0 Å². The summed E-state index contributed by atoms with van der Waals surface area (Å²) in [6, 6.07) is 0.688. The number of hydrogen-bond acceptors (Lipinski definition) is 4. The van der Waals surface area contributed by atoms with Crippen LogP contribution in [0.25, 0.3) is 0 Å². The Bertz CT molecular complexity index is 402. The summed E-state index contributed by atoms with van der Waals surface area (Å²) >= 11 is 1.79. The predicted octanol–water partition coefficient (Wildman–Crippen LogP) is 3.51. The number of likely N-dealkylation sites (tertiary alicyclic amines) is 1. The number of rotatable bonds is 6. The van der Waals surface area contributed by atoms with Crippen molar-refractivity contribution in [2.24, 2.45) is 11.8 Å². The third-order valence-electron chi connectivity index (χ3n) is 4.30. The van der Waals surface area contributed by atoms with E-state index in [1.165, 1.54) is 30.1 Å². The van der Waals surface area contributed by atoms with Gasteiger partial charge in [-0.25, -0.2) is 4.98 Å². The normalized spacial score (nSPS) is 24.4. The van der Waals surface area contributed by atoms with Gasteiger partial charge in [-0.05, 0) is 44.7 Å². The zero-order valence-corrected chi connectivity index (χ0v) is 14.2. The van der Waals surface area contributed by atoms with Gasteiger partial charge in [0.05, 0.1) is 5.69 Å². The minimum Gasteiger partial charge on any atom is -0.310 e. The van der Waals surface area contributed by atoms with E-state index in [2.05, 4.69) is 43.3 Å². The van der Waals surface area contributed by atoms with Crippen molar-refractivity contribution in [1.82, 2.24) is 15.2 Å². The maximum absolute atomic E-state index is 4.78. The highest BCUT2D eigenvalue weighted by atomic mass is 32.1. The molecular formula is C16H29N3S. The van der Waals surface area contributed by atoms with E-state index in [0.717, 1.165) is 25.6 Å². The number of thiazole rings is 1. The Hall–Kier alpha value is -0.450. The highest BCUT2D eigenvalue weighted by molar-refractivity contribution is 7.09. The zero-order valence-electron chi connectivity index (χ0n) is 13.4. The molecule has 1 aromatic heterocycles. The first-order chi connectivity index (χ1) is 9.56. The van der Waals surface area contributed by atoms with Crippen molar-refractivity contribution in [3.8, 4) is 0 Å². The second-order valence-electron chi connectivity index (χ2n) is 6.59. The van der Waals surface area contributed by atoms with E-state index in [9.17, 15) is 0 Å². The molecule has 4 heteroatoms. The lowest BCUT2D eigenvalue weighted by Crippen LogP contribution is -2.41. The summed E-state index contributed by atoms with van der Waals surface area (Å²) in [5.74, 6) is 1.51. The summed E-state index contributed by atoms with van der Waals surface area (Å²) in [5, 5.41) is 6.92. The lowest BCUT2D eigenvalue weighted by Gasteiger charge is -2.37. The number of nitrogens with one attached hydrogen (secondary N) is 1. The molecule has 0 spiro atoms. The SMILES string of the molecule is CC(C)CNCc1nc(CN2CCCC(C)C2C)cs1. The highest BCUT2D eigenvalue weighted by Gasteiger charge is 2.24. The van der Waals surface area contributed by atoms with E-state index in [1.54, 1.807) is 11.3 Å². The molecular weight excluding hydrogens is 266 g/mol. The summed E-state index contributed by atoms with van der Waals surface area (Å²) in [7, 11) is 0. The van der Waals surface area contributed by atoms with Crippen molar-refractivity contribution in [1.29, 1.82) is 0 Å². The molecule has 2 atom stereocenters. The van der Waals surface area contributed by atoms with Crippen LogP contribution in [0.3, 0.4) is 0 Å². The van der Waals surface area contributed by atoms with Gasteiger partial charge in [0.1, 0.15) is 5.01 Å². The summed E-state index contributed by atoms with van der Waals surface area (Å²) in [4.78, 5) is 7.37. The Kier molecular flexibility index (Phi) is 6.00. The molecule has 0 saturated carbocycles. The van der Waals surface area contributed by atoms with Crippen LogP contribution in [-0.2, 0) is 13.1 Å². The zero-order chi connectivity index (χ0) is 14.5. The molecule has 0 amide bonds. The quantitative estimate of drug-likeness (QED) is 0.870. The average Bonchev–Trinajstić information content (AvgIpc) is 2.82. The monoisotopic (exact) mass is 295 g/mol. The van der Waals surface area contributed by atoms with E-state index in [0.29, 0.717) is 12.0 Å². The van der Waals surface area contributed by atoms with Crippen LogP contribution < -0.4 is 5.32 Å². The summed E-state index contributed by atoms with van der Waals surface area (Å²) in [5.41, 5.74) is 1.25. The van der Waals surface area contributed by atoms with Gasteiger partial charge in [0, 0.05) is 24.5 Å². The first-order valence-electron chi connectivity index (χ1n) is 7.94. The fraction of sp³-hybridized carbons (Fsp3) is 0.812. The van der Waals surface area contributed by atoms with Crippen LogP contribution >= 0.6 is 11.3 Å². The van der Waals surface area contributed by atoms with Crippen molar-refractivity contribution in [2.75, 3.05) is 13.1 Å². The van der Waals surface area contributed by atoms with Crippen LogP contribution in [0.4, 0.5) is 0 Å². The Morgan fingerprint density at radius 1 is 1.45 bits per heavy atom. The minimum atomic E-state index is 0.688. The first-order valence-corrected chi connectivity index (χ1v) is 8.82. The van der Waals surface area contributed by atoms with Gasteiger partial charge in [0.25, 0.3) is 0 Å². The van der Waals surface area contributed by atoms with Crippen LogP contribution in [0.15, 0.2) is 5.38 Å². The molecule has 1 aliphatic heterocycles. The molecule has 0 aliphatic carbocycles. The van der Waals surface area contributed by atoms with Gasteiger partial charge in [0.15, 0.2) is 0 Å². The smallest absolute Gasteiger partial charge is 0.107 e. The second-order valence-corrected chi connectivity index (χ2v) is 7.53. The Labute approximate surface area is 127 Å². The molecule has 1 aromatic rings. The number of hydrogen-bond donors (Lipinski definition) is 1. The van der Waals surface area contributed by atoms with Gasteiger partial charge >= 0.3 is 0 Å². The first kappa shape index (κ1) is 15.9. The Morgan fingerprint density at radius 2 is 2.25 bits per heavy atom. The molecule has 1 fully saturated rings. The maximum Gasteiger partial charge on any atom is 0.107 e. The number of aromatic nitrogens is 1. The number of nitrogens with zero attached hydrogens (tertiary/aromatic N) is 2. The fourth-order valence-electron chi connectivity index (χ4n) is 2.82. The molecule has 1 N–H and O–H groups in total. The van der Waals surface area contributed by atoms with Crippen molar-refractivity contribution in [3.63, 3.8) is 0 Å². The van der Waals surface area contributed by atoms with Crippen LogP contribution in [0, 0.1) is 11.8 Å². The second kappa shape index (κ2) is 7.53. The molecule has 1 aliphatic rings. The summed E-state index contributed by atoms with van der Waals surface area (Å²) in [6.45, 7) is 13.4. The van der Waals surface area contributed by atoms with Gasteiger partial charge in [-0.15, -0.1) is 11.3 Å². The molecule has 2 rings (SSSR count). The molecule has 2 heterocycles. The lowest BCUT2D eigenvalue weighted by atomic mass is 9.92. The molecule has 0 aromatic carbocycles. The Balaban J connectivity index is 1.83. The standard InChI is InChI=1S/C16H29N3S/c1-12(2)8-17-9-16-18-15(11-20-16)10-19-7-5-6-13(3)14(19)4/h11-14,17H,5-10H2,1-4H3. The van der Waals surface area contributed by atoms with Gasteiger partial charge in [0.2, 0.25) is 0 Å². The van der Waals surface area contributed by atoms with Crippen molar-refractivity contribution < 1.29 is 0 Å². The molecule has 0 bridgehead atoms. The Morgan fingerprint density at radius 3 is 3.00 bits per heavy atom. The fourth-order valence-corrected chi connectivity index (χ4v) is 3.58. The summed E-state index contributed by atoms with van der Waals surface area (Å²) in [6.07, 6.45) is 2.71.